The average Bonchev–Trinajstić information content (AvgIpc) is 2.51. The highest BCUT2D eigenvalue weighted by molar-refractivity contribution is 9.11. The number of halogens is 2. The molecule has 1 amide bonds. The Balaban J connectivity index is 2.05. The highest BCUT2D eigenvalue weighted by Crippen LogP contribution is 2.25. The first-order valence-electron chi connectivity index (χ1n) is 7.58. The molecule has 0 aliphatic carbocycles. The number of benzene rings is 2. The Morgan fingerprint density at radius 2 is 1.62 bits per heavy atom. The first-order chi connectivity index (χ1) is 11.2. The maximum absolute atomic E-state index is 12.1. The van der Waals surface area contributed by atoms with E-state index in [4.69, 9.17) is 0 Å². The molecule has 3 nitrogen and oxygen atoms in total. The van der Waals surface area contributed by atoms with Crippen molar-refractivity contribution in [2.24, 2.45) is 5.10 Å². The molecule has 0 bridgehead atoms. The molecule has 0 heterocycles. The van der Waals surface area contributed by atoms with Gasteiger partial charge in [-0.3, -0.25) is 4.79 Å². The zero-order valence-electron chi connectivity index (χ0n) is 14.2. The summed E-state index contributed by atoms with van der Waals surface area (Å²) < 4.78 is 1.98. The van der Waals surface area contributed by atoms with Crippen molar-refractivity contribution in [3.63, 3.8) is 0 Å². The number of carbonyl (C=O) groups is 1. The second kappa shape index (κ2) is 7.62. The van der Waals surface area contributed by atoms with Crippen molar-refractivity contribution in [3.8, 4) is 0 Å². The second-order valence-corrected chi connectivity index (χ2v) is 8.34. The normalized spacial score (nSPS) is 11.8. The van der Waals surface area contributed by atoms with Gasteiger partial charge in [0.1, 0.15) is 0 Å². The molecule has 0 spiro atoms. The van der Waals surface area contributed by atoms with E-state index in [-0.39, 0.29) is 11.3 Å². The number of carbonyl (C=O) groups excluding carboxylic acids is 1. The third kappa shape index (κ3) is 4.77. The molecule has 0 aliphatic rings. The van der Waals surface area contributed by atoms with Gasteiger partial charge in [0.25, 0.3) is 5.91 Å². The van der Waals surface area contributed by atoms with Crippen LogP contribution in [0, 0.1) is 6.92 Å². The standard InChI is InChI=1S/C19H20Br2N2O/c1-12-16(20)9-13(10-17(12)21)11-22-23-18(24)14-5-7-15(8-6-14)19(2,3)4/h5-11H,1-4H3,(H,23,24)/b22-11-. The van der Waals surface area contributed by atoms with Crippen LogP contribution in [-0.4, -0.2) is 12.1 Å². The Morgan fingerprint density at radius 3 is 2.12 bits per heavy atom. The van der Waals surface area contributed by atoms with E-state index < -0.39 is 0 Å². The maximum Gasteiger partial charge on any atom is 0.271 e. The molecule has 126 valence electrons. The van der Waals surface area contributed by atoms with Crippen LogP contribution in [0.2, 0.25) is 0 Å². The van der Waals surface area contributed by atoms with Crippen molar-refractivity contribution in [2.45, 2.75) is 33.1 Å². The molecule has 0 radical (unpaired) electrons. The summed E-state index contributed by atoms with van der Waals surface area (Å²) >= 11 is 7.00. The Morgan fingerprint density at radius 1 is 1.08 bits per heavy atom. The summed E-state index contributed by atoms with van der Waals surface area (Å²) in [6.07, 6.45) is 1.62. The van der Waals surface area contributed by atoms with Gasteiger partial charge in [0.05, 0.1) is 6.21 Å². The molecule has 2 rings (SSSR count). The van der Waals surface area contributed by atoms with Crippen LogP contribution in [0.15, 0.2) is 50.4 Å². The number of hydrogen-bond donors (Lipinski definition) is 1. The fourth-order valence-electron chi connectivity index (χ4n) is 2.09. The zero-order valence-corrected chi connectivity index (χ0v) is 17.3. The Hall–Kier alpha value is -1.46. The summed E-state index contributed by atoms with van der Waals surface area (Å²) in [5.41, 5.74) is 6.42. The number of nitrogens with zero attached hydrogens (tertiary/aromatic N) is 1. The fraction of sp³-hybridized carbons (Fsp3) is 0.263. The third-order valence-electron chi connectivity index (χ3n) is 3.70. The molecular weight excluding hydrogens is 432 g/mol. The quantitative estimate of drug-likeness (QED) is 0.480. The fourth-order valence-corrected chi connectivity index (χ4v) is 3.31. The van der Waals surface area contributed by atoms with Crippen molar-refractivity contribution in [3.05, 3.63) is 67.6 Å². The molecule has 1 N–H and O–H groups in total. The SMILES string of the molecule is Cc1c(Br)cc(/C=N\NC(=O)c2ccc(C(C)(C)C)cc2)cc1Br. The topological polar surface area (TPSA) is 41.5 Å². The van der Waals surface area contributed by atoms with Gasteiger partial charge >= 0.3 is 0 Å². The minimum absolute atomic E-state index is 0.0688. The molecule has 2 aromatic carbocycles. The van der Waals surface area contributed by atoms with Gasteiger partial charge in [-0.15, -0.1) is 0 Å². The van der Waals surface area contributed by atoms with Crippen LogP contribution in [0.3, 0.4) is 0 Å². The second-order valence-electron chi connectivity index (χ2n) is 6.64. The maximum atomic E-state index is 12.1. The van der Waals surface area contributed by atoms with Crippen LogP contribution in [0.5, 0.6) is 0 Å². The molecule has 0 unspecified atom stereocenters. The van der Waals surface area contributed by atoms with Gasteiger partial charge < -0.3 is 0 Å². The van der Waals surface area contributed by atoms with Gasteiger partial charge in [0.2, 0.25) is 0 Å². The Kier molecular flexibility index (Phi) is 5.99. The van der Waals surface area contributed by atoms with E-state index in [2.05, 4.69) is 63.2 Å². The van der Waals surface area contributed by atoms with E-state index in [1.165, 1.54) is 5.56 Å². The summed E-state index contributed by atoms with van der Waals surface area (Å²) in [5, 5.41) is 4.03. The molecule has 0 aliphatic heterocycles. The molecule has 0 aromatic heterocycles. The van der Waals surface area contributed by atoms with Gasteiger partial charge in [0.15, 0.2) is 0 Å². The van der Waals surface area contributed by atoms with Crippen LogP contribution in [0.4, 0.5) is 0 Å². The molecular formula is C19H20Br2N2O. The highest BCUT2D eigenvalue weighted by Gasteiger charge is 2.14. The van der Waals surface area contributed by atoms with Gasteiger partial charge in [-0.2, -0.15) is 5.10 Å². The number of hydrazone groups is 1. The lowest BCUT2D eigenvalue weighted by molar-refractivity contribution is 0.0955. The van der Waals surface area contributed by atoms with E-state index >= 15 is 0 Å². The third-order valence-corrected chi connectivity index (χ3v) is 5.34. The predicted molar refractivity (Wildman–Crippen MR) is 107 cm³/mol. The zero-order chi connectivity index (χ0) is 17.9. The van der Waals surface area contributed by atoms with Crippen molar-refractivity contribution >= 4 is 44.0 Å². The average molecular weight is 452 g/mol. The largest absolute Gasteiger partial charge is 0.271 e. The number of nitrogens with one attached hydrogen (secondary N) is 1. The van der Waals surface area contributed by atoms with Crippen LogP contribution in [-0.2, 0) is 5.41 Å². The van der Waals surface area contributed by atoms with E-state index in [1.54, 1.807) is 6.21 Å². The van der Waals surface area contributed by atoms with Gasteiger partial charge in [0, 0.05) is 14.5 Å². The smallest absolute Gasteiger partial charge is 0.267 e. The van der Waals surface area contributed by atoms with E-state index in [0.29, 0.717) is 5.56 Å². The highest BCUT2D eigenvalue weighted by atomic mass is 79.9. The molecule has 5 heteroatoms. The van der Waals surface area contributed by atoms with Crippen molar-refractivity contribution in [1.29, 1.82) is 0 Å². The minimum Gasteiger partial charge on any atom is -0.267 e. The first-order valence-corrected chi connectivity index (χ1v) is 9.16. The Bertz CT molecular complexity index is 752. The Labute approximate surface area is 159 Å². The number of rotatable bonds is 3. The molecule has 0 saturated carbocycles. The van der Waals surface area contributed by atoms with Crippen molar-refractivity contribution in [2.75, 3.05) is 0 Å². The molecule has 0 saturated heterocycles. The summed E-state index contributed by atoms with van der Waals surface area (Å²) in [4.78, 5) is 12.1. The van der Waals surface area contributed by atoms with Gasteiger partial charge in [-0.05, 0) is 53.3 Å². The minimum atomic E-state index is -0.225. The van der Waals surface area contributed by atoms with Crippen LogP contribution in [0.25, 0.3) is 0 Å². The lowest BCUT2D eigenvalue weighted by Crippen LogP contribution is -2.18. The van der Waals surface area contributed by atoms with Gasteiger partial charge in [-0.1, -0.05) is 64.8 Å². The van der Waals surface area contributed by atoms with E-state index in [9.17, 15) is 4.79 Å². The molecule has 0 atom stereocenters. The van der Waals surface area contributed by atoms with Crippen molar-refractivity contribution in [1.82, 2.24) is 5.43 Å². The van der Waals surface area contributed by atoms with Crippen LogP contribution < -0.4 is 5.43 Å². The number of amides is 1. The summed E-state index contributed by atoms with van der Waals surface area (Å²) in [6.45, 7) is 8.44. The monoisotopic (exact) mass is 450 g/mol. The van der Waals surface area contributed by atoms with Crippen LogP contribution >= 0.6 is 31.9 Å². The summed E-state index contributed by atoms with van der Waals surface area (Å²) in [7, 11) is 0. The lowest BCUT2D eigenvalue weighted by atomic mass is 9.87. The van der Waals surface area contributed by atoms with Crippen LogP contribution in [0.1, 0.15) is 47.8 Å². The van der Waals surface area contributed by atoms with Crippen molar-refractivity contribution < 1.29 is 4.79 Å². The van der Waals surface area contributed by atoms with Gasteiger partial charge in [-0.25, -0.2) is 5.43 Å². The summed E-state index contributed by atoms with van der Waals surface area (Å²) in [6, 6.07) is 11.5. The molecule has 0 fully saturated rings. The lowest BCUT2D eigenvalue weighted by Gasteiger charge is -2.18. The number of hydrogen-bond acceptors (Lipinski definition) is 2. The van der Waals surface area contributed by atoms with E-state index in [0.717, 1.165) is 20.1 Å². The summed E-state index contributed by atoms with van der Waals surface area (Å²) in [5.74, 6) is -0.225. The first kappa shape index (κ1) is 18.9. The molecule has 24 heavy (non-hydrogen) atoms. The van der Waals surface area contributed by atoms with E-state index in [1.807, 2.05) is 43.3 Å². The molecule has 2 aromatic rings. The predicted octanol–water partition coefficient (Wildman–Crippen LogP) is 5.58.